The van der Waals surface area contributed by atoms with Crippen LogP contribution in [0.3, 0.4) is 0 Å². The lowest BCUT2D eigenvalue weighted by atomic mass is 10.1. The van der Waals surface area contributed by atoms with E-state index in [0.717, 1.165) is 0 Å². The van der Waals surface area contributed by atoms with Crippen molar-refractivity contribution in [2.24, 2.45) is 0 Å². The molecule has 0 saturated heterocycles. The standard InChI is InChI=1S/C12H15F2NO/c1-9(15-2)7-8-10-5-3-4-6-11(10)16-12(13)14/h3-9,12,15H,1-2H3/b8-7+. The van der Waals surface area contributed by atoms with Gasteiger partial charge in [-0.25, -0.2) is 0 Å². The Hall–Kier alpha value is -1.42. The zero-order valence-corrected chi connectivity index (χ0v) is 9.28. The Morgan fingerprint density at radius 2 is 2.00 bits per heavy atom. The summed E-state index contributed by atoms with van der Waals surface area (Å²) in [5.41, 5.74) is 0.643. The SMILES string of the molecule is CNC(C)/C=C/c1ccccc1OC(F)F. The molecule has 0 aliphatic rings. The summed E-state index contributed by atoms with van der Waals surface area (Å²) >= 11 is 0. The molecule has 0 amide bonds. The highest BCUT2D eigenvalue weighted by atomic mass is 19.3. The molecule has 4 heteroatoms. The number of alkyl halides is 2. The Labute approximate surface area is 93.9 Å². The van der Waals surface area contributed by atoms with Gasteiger partial charge in [0, 0.05) is 11.6 Å². The molecule has 0 radical (unpaired) electrons. The Balaban J connectivity index is 2.82. The van der Waals surface area contributed by atoms with Crippen LogP contribution < -0.4 is 10.1 Å². The Morgan fingerprint density at radius 3 is 2.62 bits per heavy atom. The molecule has 1 rings (SSSR count). The second-order valence-electron chi connectivity index (χ2n) is 3.35. The fourth-order valence-corrected chi connectivity index (χ4v) is 1.17. The van der Waals surface area contributed by atoms with Crippen molar-refractivity contribution >= 4 is 6.08 Å². The smallest absolute Gasteiger partial charge is 0.387 e. The van der Waals surface area contributed by atoms with Crippen molar-refractivity contribution in [2.75, 3.05) is 7.05 Å². The van der Waals surface area contributed by atoms with Gasteiger partial charge in [-0.05, 0) is 20.0 Å². The van der Waals surface area contributed by atoms with Gasteiger partial charge in [0.15, 0.2) is 0 Å². The summed E-state index contributed by atoms with van der Waals surface area (Å²) in [5, 5.41) is 3.02. The summed E-state index contributed by atoms with van der Waals surface area (Å²) < 4.78 is 28.6. The van der Waals surface area contributed by atoms with E-state index in [9.17, 15) is 8.78 Å². The zero-order chi connectivity index (χ0) is 12.0. The number of hydrogen-bond donors (Lipinski definition) is 1. The van der Waals surface area contributed by atoms with Crippen molar-refractivity contribution < 1.29 is 13.5 Å². The molecule has 1 aromatic carbocycles. The Bertz CT molecular complexity index is 353. The van der Waals surface area contributed by atoms with E-state index in [1.165, 1.54) is 6.07 Å². The second kappa shape index (κ2) is 6.23. The third-order valence-corrected chi connectivity index (χ3v) is 2.15. The van der Waals surface area contributed by atoms with Crippen LogP contribution in [0.25, 0.3) is 6.08 Å². The Kier molecular flexibility index (Phi) is 4.92. The van der Waals surface area contributed by atoms with Gasteiger partial charge in [0.05, 0.1) is 0 Å². The molecule has 0 heterocycles. The number of halogens is 2. The van der Waals surface area contributed by atoms with E-state index < -0.39 is 6.61 Å². The van der Waals surface area contributed by atoms with Crippen molar-refractivity contribution in [1.82, 2.24) is 5.32 Å². The van der Waals surface area contributed by atoms with E-state index in [0.29, 0.717) is 5.56 Å². The number of ether oxygens (including phenoxy) is 1. The topological polar surface area (TPSA) is 21.3 Å². The number of hydrogen-bond acceptors (Lipinski definition) is 2. The summed E-state index contributed by atoms with van der Waals surface area (Å²) in [6.07, 6.45) is 3.65. The van der Waals surface area contributed by atoms with Crippen LogP contribution in [0.2, 0.25) is 0 Å². The second-order valence-corrected chi connectivity index (χ2v) is 3.35. The van der Waals surface area contributed by atoms with Crippen LogP contribution in [-0.4, -0.2) is 19.7 Å². The van der Waals surface area contributed by atoms with Crippen molar-refractivity contribution in [3.63, 3.8) is 0 Å². The van der Waals surface area contributed by atoms with Gasteiger partial charge in [-0.15, -0.1) is 0 Å². The molecule has 16 heavy (non-hydrogen) atoms. The summed E-state index contributed by atoms with van der Waals surface area (Å²) in [5.74, 6) is 0.192. The van der Waals surface area contributed by atoms with Crippen LogP contribution >= 0.6 is 0 Å². The molecule has 1 aromatic rings. The molecule has 1 unspecified atom stereocenters. The van der Waals surface area contributed by atoms with Crippen molar-refractivity contribution in [1.29, 1.82) is 0 Å². The molecule has 0 aliphatic heterocycles. The van der Waals surface area contributed by atoms with Gasteiger partial charge >= 0.3 is 6.61 Å². The first-order valence-corrected chi connectivity index (χ1v) is 5.02. The minimum atomic E-state index is -2.80. The van der Waals surface area contributed by atoms with Crippen LogP contribution in [0.1, 0.15) is 12.5 Å². The highest BCUT2D eigenvalue weighted by Gasteiger charge is 2.06. The molecular weight excluding hydrogens is 212 g/mol. The number of rotatable bonds is 5. The monoisotopic (exact) mass is 227 g/mol. The number of nitrogens with one attached hydrogen (secondary N) is 1. The molecule has 0 bridgehead atoms. The van der Waals surface area contributed by atoms with Crippen LogP contribution in [0.5, 0.6) is 5.75 Å². The number of benzene rings is 1. The molecule has 0 saturated carbocycles. The highest BCUT2D eigenvalue weighted by molar-refractivity contribution is 5.57. The fourth-order valence-electron chi connectivity index (χ4n) is 1.17. The lowest BCUT2D eigenvalue weighted by Gasteiger charge is -2.08. The molecule has 1 N–H and O–H groups in total. The summed E-state index contributed by atoms with van der Waals surface area (Å²) in [4.78, 5) is 0. The Morgan fingerprint density at radius 1 is 1.31 bits per heavy atom. The molecule has 0 aromatic heterocycles. The van der Waals surface area contributed by atoms with E-state index in [-0.39, 0.29) is 11.8 Å². The summed E-state index contributed by atoms with van der Waals surface area (Å²) in [6.45, 7) is -0.830. The van der Waals surface area contributed by atoms with Crippen LogP contribution in [0.4, 0.5) is 8.78 Å². The lowest BCUT2D eigenvalue weighted by Crippen LogP contribution is -2.17. The maximum Gasteiger partial charge on any atom is 0.387 e. The average molecular weight is 227 g/mol. The largest absolute Gasteiger partial charge is 0.434 e. The quantitative estimate of drug-likeness (QED) is 0.835. The van der Waals surface area contributed by atoms with E-state index in [2.05, 4.69) is 10.1 Å². The van der Waals surface area contributed by atoms with Gasteiger partial charge in [0.1, 0.15) is 5.75 Å². The molecular formula is C12H15F2NO. The molecule has 88 valence electrons. The first-order chi connectivity index (χ1) is 7.63. The van der Waals surface area contributed by atoms with Crippen LogP contribution in [0.15, 0.2) is 30.3 Å². The minimum absolute atomic E-state index is 0.180. The first-order valence-electron chi connectivity index (χ1n) is 5.02. The van der Waals surface area contributed by atoms with Gasteiger partial charge in [0.25, 0.3) is 0 Å². The normalized spacial score (nSPS) is 13.3. The lowest BCUT2D eigenvalue weighted by molar-refractivity contribution is -0.0499. The maximum atomic E-state index is 12.1. The molecule has 0 aliphatic carbocycles. The third kappa shape index (κ3) is 3.98. The number of para-hydroxylation sites is 1. The average Bonchev–Trinajstić information content (AvgIpc) is 2.26. The van der Waals surface area contributed by atoms with Crippen LogP contribution in [-0.2, 0) is 0 Å². The molecule has 0 spiro atoms. The minimum Gasteiger partial charge on any atom is -0.434 e. The predicted octanol–water partition coefficient (Wildman–Crippen LogP) is 2.91. The summed E-state index contributed by atoms with van der Waals surface area (Å²) in [6, 6.07) is 6.88. The molecule has 0 fully saturated rings. The van der Waals surface area contributed by atoms with Gasteiger partial charge < -0.3 is 10.1 Å². The predicted molar refractivity (Wildman–Crippen MR) is 60.6 cm³/mol. The highest BCUT2D eigenvalue weighted by Crippen LogP contribution is 2.21. The van der Waals surface area contributed by atoms with Gasteiger partial charge in [-0.1, -0.05) is 30.4 Å². The van der Waals surface area contributed by atoms with Crippen molar-refractivity contribution in [3.8, 4) is 5.75 Å². The number of likely N-dealkylation sites (N-methyl/N-ethyl adjacent to an activating group) is 1. The van der Waals surface area contributed by atoms with Crippen LogP contribution in [0, 0.1) is 0 Å². The van der Waals surface area contributed by atoms with E-state index in [1.54, 1.807) is 24.3 Å². The van der Waals surface area contributed by atoms with Gasteiger partial charge in [0.2, 0.25) is 0 Å². The van der Waals surface area contributed by atoms with E-state index >= 15 is 0 Å². The van der Waals surface area contributed by atoms with E-state index in [1.807, 2.05) is 20.0 Å². The van der Waals surface area contributed by atoms with Gasteiger partial charge in [-0.3, -0.25) is 0 Å². The maximum absolute atomic E-state index is 12.1. The zero-order valence-electron chi connectivity index (χ0n) is 9.28. The van der Waals surface area contributed by atoms with Crippen molar-refractivity contribution in [2.45, 2.75) is 19.6 Å². The third-order valence-electron chi connectivity index (χ3n) is 2.15. The van der Waals surface area contributed by atoms with Crippen molar-refractivity contribution in [3.05, 3.63) is 35.9 Å². The first kappa shape index (κ1) is 12.6. The molecule has 2 nitrogen and oxygen atoms in total. The van der Waals surface area contributed by atoms with Gasteiger partial charge in [-0.2, -0.15) is 8.78 Å². The summed E-state index contributed by atoms with van der Waals surface area (Å²) in [7, 11) is 1.83. The molecule has 1 atom stereocenters. The van der Waals surface area contributed by atoms with E-state index in [4.69, 9.17) is 0 Å². The fraction of sp³-hybridized carbons (Fsp3) is 0.333.